The minimum atomic E-state index is -0.170. The highest BCUT2D eigenvalue weighted by atomic mass is 16.5. The average molecular weight is 397 g/mol. The third kappa shape index (κ3) is 4.89. The largest absolute Gasteiger partial charge is 0.481 e. The van der Waals surface area contributed by atoms with Crippen molar-refractivity contribution >= 4 is 16.9 Å². The van der Waals surface area contributed by atoms with Crippen LogP contribution >= 0.6 is 0 Å². The van der Waals surface area contributed by atoms with E-state index in [-0.39, 0.29) is 11.6 Å². The van der Waals surface area contributed by atoms with E-state index in [0.29, 0.717) is 48.2 Å². The zero-order valence-electron chi connectivity index (χ0n) is 17.3. The molecule has 8 heteroatoms. The second-order valence-corrected chi connectivity index (χ2v) is 6.98. The van der Waals surface area contributed by atoms with Crippen molar-refractivity contribution < 1.29 is 9.47 Å². The molecular formula is C21H27N5O3. The SMILES string of the molecule is CCCOCCn1c(=O)c(NC(C)C)nc2cnc(-c3ccc(OC)nc3)cc21. The first kappa shape index (κ1) is 20.7. The summed E-state index contributed by atoms with van der Waals surface area (Å²) in [4.78, 5) is 26.3. The lowest BCUT2D eigenvalue weighted by molar-refractivity contribution is 0.127. The van der Waals surface area contributed by atoms with E-state index in [1.54, 1.807) is 30.1 Å². The van der Waals surface area contributed by atoms with Gasteiger partial charge in [-0.05, 0) is 32.4 Å². The van der Waals surface area contributed by atoms with Gasteiger partial charge in [0.1, 0.15) is 5.52 Å². The van der Waals surface area contributed by atoms with Crippen LogP contribution in [0.2, 0.25) is 0 Å². The van der Waals surface area contributed by atoms with E-state index < -0.39 is 0 Å². The van der Waals surface area contributed by atoms with Gasteiger partial charge in [-0.3, -0.25) is 9.78 Å². The Bertz CT molecular complexity index is 1020. The van der Waals surface area contributed by atoms with E-state index in [2.05, 4.69) is 27.2 Å². The number of aromatic nitrogens is 4. The molecule has 3 rings (SSSR count). The Balaban J connectivity index is 2.06. The standard InChI is InChI=1S/C21H27N5O3/c1-5-9-29-10-8-26-18-11-16(15-6-7-19(28-4)23-12-15)22-13-17(18)25-20(21(26)27)24-14(2)3/h6-7,11-14H,5,8-10H2,1-4H3,(H,24,25). The molecule has 29 heavy (non-hydrogen) atoms. The lowest BCUT2D eigenvalue weighted by Gasteiger charge is -2.15. The summed E-state index contributed by atoms with van der Waals surface area (Å²) in [5.74, 6) is 0.856. The lowest BCUT2D eigenvalue weighted by atomic mass is 10.2. The molecule has 0 saturated heterocycles. The molecule has 0 radical (unpaired) electrons. The van der Waals surface area contributed by atoms with Crippen molar-refractivity contribution in [1.82, 2.24) is 19.5 Å². The zero-order valence-corrected chi connectivity index (χ0v) is 17.3. The van der Waals surface area contributed by atoms with E-state index in [4.69, 9.17) is 9.47 Å². The maximum Gasteiger partial charge on any atom is 0.293 e. The molecular weight excluding hydrogens is 370 g/mol. The second-order valence-electron chi connectivity index (χ2n) is 6.98. The molecule has 0 saturated carbocycles. The third-order valence-corrected chi connectivity index (χ3v) is 4.31. The van der Waals surface area contributed by atoms with Crippen molar-refractivity contribution in [2.45, 2.75) is 39.8 Å². The summed E-state index contributed by atoms with van der Waals surface area (Å²) in [6, 6.07) is 5.62. The summed E-state index contributed by atoms with van der Waals surface area (Å²) in [6.45, 7) is 7.56. The quantitative estimate of drug-likeness (QED) is 0.555. The highest BCUT2D eigenvalue weighted by molar-refractivity contribution is 5.80. The molecule has 0 atom stereocenters. The Morgan fingerprint density at radius 2 is 2.00 bits per heavy atom. The van der Waals surface area contributed by atoms with Crippen molar-refractivity contribution in [2.24, 2.45) is 0 Å². The van der Waals surface area contributed by atoms with Crippen LogP contribution in [0.25, 0.3) is 22.3 Å². The second kappa shape index (κ2) is 9.47. The zero-order chi connectivity index (χ0) is 20.8. The Morgan fingerprint density at radius 3 is 2.66 bits per heavy atom. The number of hydrogen-bond donors (Lipinski definition) is 1. The van der Waals surface area contributed by atoms with Crippen LogP contribution in [-0.2, 0) is 11.3 Å². The predicted molar refractivity (Wildman–Crippen MR) is 113 cm³/mol. The van der Waals surface area contributed by atoms with E-state index in [1.165, 1.54) is 0 Å². The van der Waals surface area contributed by atoms with Gasteiger partial charge in [0.2, 0.25) is 5.88 Å². The number of fused-ring (bicyclic) bond motifs is 1. The smallest absolute Gasteiger partial charge is 0.293 e. The summed E-state index contributed by atoms with van der Waals surface area (Å²) >= 11 is 0. The van der Waals surface area contributed by atoms with Crippen LogP contribution in [0.5, 0.6) is 5.88 Å². The number of hydrogen-bond acceptors (Lipinski definition) is 7. The van der Waals surface area contributed by atoms with Crippen LogP contribution in [0, 0.1) is 0 Å². The van der Waals surface area contributed by atoms with Gasteiger partial charge >= 0.3 is 0 Å². The Kier molecular flexibility index (Phi) is 6.77. The highest BCUT2D eigenvalue weighted by Crippen LogP contribution is 2.22. The number of pyridine rings is 2. The summed E-state index contributed by atoms with van der Waals surface area (Å²) in [5, 5.41) is 3.13. The fourth-order valence-corrected chi connectivity index (χ4v) is 2.95. The van der Waals surface area contributed by atoms with Gasteiger partial charge in [0.05, 0.1) is 31.1 Å². The monoisotopic (exact) mass is 397 g/mol. The average Bonchev–Trinajstić information content (AvgIpc) is 2.73. The molecule has 0 aromatic carbocycles. The summed E-state index contributed by atoms with van der Waals surface area (Å²) in [6.07, 6.45) is 4.32. The number of methoxy groups -OCH3 is 1. The molecule has 3 heterocycles. The first-order chi connectivity index (χ1) is 14.0. The molecule has 3 aromatic heterocycles. The molecule has 1 N–H and O–H groups in total. The number of anilines is 1. The van der Waals surface area contributed by atoms with E-state index >= 15 is 0 Å². The summed E-state index contributed by atoms with van der Waals surface area (Å²) in [5.41, 5.74) is 2.73. The molecule has 0 aliphatic carbocycles. The van der Waals surface area contributed by atoms with Crippen molar-refractivity contribution in [3.63, 3.8) is 0 Å². The van der Waals surface area contributed by atoms with Gasteiger partial charge in [0.25, 0.3) is 5.56 Å². The van der Waals surface area contributed by atoms with Crippen LogP contribution in [-0.4, -0.2) is 45.9 Å². The fraction of sp³-hybridized carbons (Fsp3) is 0.429. The molecule has 0 fully saturated rings. The molecule has 0 unspecified atom stereocenters. The summed E-state index contributed by atoms with van der Waals surface area (Å²) in [7, 11) is 1.57. The number of nitrogens with one attached hydrogen (secondary N) is 1. The van der Waals surface area contributed by atoms with Gasteiger partial charge in [-0.1, -0.05) is 6.92 Å². The maximum atomic E-state index is 13.0. The van der Waals surface area contributed by atoms with E-state index in [1.807, 2.05) is 26.0 Å². The van der Waals surface area contributed by atoms with E-state index in [9.17, 15) is 4.79 Å². The molecule has 8 nitrogen and oxygen atoms in total. The molecule has 0 aliphatic rings. The normalized spacial score (nSPS) is 11.2. The van der Waals surface area contributed by atoms with Gasteiger partial charge < -0.3 is 19.4 Å². The van der Waals surface area contributed by atoms with Crippen molar-refractivity contribution in [1.29, 1.82) is 0 Å². The lowest BCUT2D eigenvalue weighted by Crippen LogP contribution is -2.29. The van der Waals surface area contributed by atoms with Crippen LogP contribution in [0.4, 0.5) is 5.82 Å². The molecule has 3 aromatic rings. The van der Waals surface area contributed by atoms with Crippen molar-refractivity contribution in [2.75, 3.05) is 25.6 Å². The Hall–Kier alpha value is -3.00. The van der Waals surface area contributed by atoms with Crippen LogP contribution in [0.15, 0.2) is 35.4 Å². The number of ether oxygens (including phenoxy) is 2. The minimum absolute atomic E-state index is 0.0926. The van der Waals surface area contributed by atoms with Crippen LogP contribution in [0.1, 0.15) is 27.2 Å². The van der Waals surface area contributed by atoms with Crippen LogP contribution in [0.3, 0.4) is 0 Å². The number of nitrogens with zero attached hydrogens (tertiary/aromatic N) is 4. The van der Waals surface area contributed by atoms with Crippen molar-refractivity contribution in [3.05, 3.63) is 40.9 Å². The van der Waals surface area contributed by atoms with Gasteiger partial charge in [-0.15, -0.1) is 0 Å². The van der Waals surface area contributed by atoms with Gasteiger partial charge in [-0.2, -0.15) is 0 Å². The molecule has 154 valence electrons. The van der Waals surface area contributed by atoms with Gasteiger partial charge in [-0.25, -0.2) is 9.97 Å². The fourth-order valence-electron chi connectivity index (χ4n) is 2.95. The third-order valence-electron chi connectivity index (χ3n) is 4.31. The van der Waals surface area contributed by atoms with Gasteiger partial charge in [0.15, 0.2) is 5.82 Å². The van der Waals surface area contributed by atoms with Gasteiger partial charge in [0, 0.05) is 37.0 Å². The first-order valence-electron chi connectivity index (χ1n) is 9.78. The highest BCUT2D eigenvalue weighted by Gasteiger charge is 2.14. The number of rotatable bonds is 9. The molecule has 0 amide bonds. The molecule has 0 bridgehead atoms. The van der Waals surface area contributed by atoms with E-state index in [0.717, 1.165) is 12.0 Å². The molecule has 0 aliphatic heterocycles. The molecule has 0 spiro atoms. The van der Waals surface area contributed by atoms with Crippen LogP contribution < -0.4 is 15.6 Å². The van der Waals surface area contributed by atoms with Crippen molar-refractivity contribution in [3.8, 4) is 17.1 Å². The predicted octanol–water partition coefficient (Wildman–Crippen LogP) is 3.11. The topological polar surface area (TPSA) is 91.2 Å². The first-order valence-corrected chi connectivity index (χ1v) is 9.78. The Morgan fingerprint density at radius 1 is 1.17 bits per heavy atom. The minimum Gasteiger partial charge on any atom is -0.481 e. The Labute approximate surface area is 169 Å². The summed E-state index contributed by atoms with van der Waals surface area (Å²) < 4.78 is 12.4. The maximum absolute atomic E-state index is 13.0.